The van der Waals surface area contributed by atoms with Crippen molar-refractivity contribution in [3.63, 3.8) is 0 Å². The van der Waals surface area contributed by atoms with Crippen molar-refractivity contribution in [2.75, 3.05) is 12.8 Å². The molecule has 0 amide bonds. The van der Waals surface area contributed by atoms with Gasteiger partial charge in [0, 0.05) is 16.3 Å². The summed E-state index contributed by atoms with van der Waals surface area (Å²) in [6.45, 7) is 2.05. The molecule has 2 N–H and O–H groups in total. The van der Waals surface area contributed by atoms with Crippen molar-refractivity contribution in [1.82, 2.24) is 0 Å². The van der Waals surface area contributed by atoms with Crippen molar-refractivity contribution in [3.8, 4) is 0 Å². The minimum absolute atomic E-state index is 0.403. The third kappa shape index (κ3) is 3.93. The highest BCUT2D eigenvalue weighted by molar-refractivity contribution is 7.98. The molecule has 2 aromatic carbocycles. The molecular weight excluding hydrogens is 306 g/mol. The highest BCUT2D eigenvalue weighted by Crippen LogP contribution is 2.35. The lowest BCUT2D eigenvalue weighted by atomic mass is 10.2. The number of benzene rings is 2. The summed E-state index contributed by atoms with van der Waals surface area (Å²) >= 11 is 7.72. The van der Waals surface area contributed by atoms with E-state index in [4.69, 9.17) is 22.1 Å². The Hall–Kier alpha value is -1.65. The Kier molecular flexibility index (Phi) is 5.15. The number of nitrogen functional groups attached to an aromatic ring is 1. The minimum atomic E-state index is -0.434. The molecule has 0 aliphatic rings. The lowest BCUT2D eigenvalue weighted by molar-refractivity contribution is 0.0597. The smallest absolute Gasteiger partial charge is 0.339 e. The van der Waals surface area contributed by atoms with E-state index in [1.807, 2.05) is 25.1 Å². The number of rotatable bonds is 4. The van der Waals surface area contributed by atoms with Crippen molar-refractivity contribution in [2.24, 2.45) is 0 Å². The zero-order chi connectivity index (χ0) is 15.4. The van der Waals surface area contributed by atoms with Gasteiger partial charge < -0.3 is 10.5 Å². The molecule has 0 saturated carbocycles. The fourth-order valence-corrected chi connectivity index (χ4v) is 3.36. The number of thioether (sulfide) groups is 1. The number of anilines is 1. The number of esters is 1. The standard InChI is InChI=1S/C16H16ClNO2S/c1-10-4-3-5-11(6-10)9-21-15-13(16(19)20-2)7-12(18)8-14(15)17/h3-8H,9,18H2,1-2H3. The van der Waals surface area contributed by atoms with Gasteiger partial charge in [0.05, 0.1) is 17.7 Å². The quantitative estimate of drug-likeness (QED) is 0.518. The van der Waals surface area contributed by atoms with Crippen LogP contribution >= 0.6 is 23.4 Å². The summed E-state index contributed by atoms with van der Waals surface area (Å²) in [4.78, 5) is 12.5. The maximum atomic E-state index is 11.9. The molecule has 2 aromatic rings. The molecule has 110 valence electrons. The summed E-state index contributed by atoms with van der Waals surface area (Å²) in [5.41, 5.74) is 8.96. The summed E-state index contributed by atoms with van der Waals surface area (Å²) in [6, 6.07) is 11.4. The Bertz CT molecular complexity index is 673. The minimum Gasteiger partial charge on any atom is -0.465 e. The molecule has 0 fully saturated rings. The third-order valence-electron chi connectivity index (χ3n) is 2.94. The maximum absolute atomic E-state index is 11.9. The zero-order valence-electron chi connectivity index (χ0n) is 11.9. The van der Waals surface area contributed by atoms with Crippen LogP contribution in [0, 0.1) is 6.92 Å². The van der Waals surface area contributed by atoms with Crippen LogP contribution in [-0.4, -0.2) is 13.1 Å². The van der Waals surface area contributed by atoms with E-state index >= 15 is 0 Å². The molecule has 0 bridgehead atoms. The van der Waals surface area contributed by atoms with Crippen molar-refractivity contribution in [2.45, 2.75) is 17.6 Å². The third-order valence-corrected chi connectivity index (χ3v) is 4.55. The Morgan fingerprint density at radius 1 is 1.33 bits per heavy atom. The zero-order valence-corrected chi connectivity index (χ0v) is 13.4. The SMILES string of the molecule is COC(=O)c1cc(N)cc(Cl)c1SCc1cccc(C)c1. The van der Waals surface area contributed by atoms with E-state index in [-0.39, 0.29) is 0 Å². The van der Waals surface area contributed by atoms with Gasteiger partial charge in [0.15, 0.2) is 0 Å². The molecule has 21 heavy (non-hydrogen) atoms. The molecule has 0 radical (unpaired) electrons. The predicted octanol–water partition coefficient (Wildman–Crippen LogP) is 4.31. The first kappa shape index (κ1) is 15.7. The van der Waals surface area contributed by atoms with Gasteiger partial charge >= 0.3 is 5.97 Å². The molecule has 5 heteroatoms. The van der Waals surface area contributed by atoms with Crippen LogP contribution in [0.25, 0.3) is 0 Å². The van der Waals surface area contributed by atoms with E-state index in [1.165, 1.54) is 30.0 Å². The van der Waals surface area contributed by atoms with Crippen LogP contribution in [0.2, 0.25) is 5.02 Å². The second-order valence-corrected chi connectivity index (χ2v) is 6.04. The molecule has 0 spiro atoms. The molecular formula is C16H16ClNO2S. The van der Waals surface area contributed by atoms with Crippen LogP contribution in [-0.2, 0) is 10.5 Å². The monoisotopic (exact) mass is 321 g/mol. The van der Waals surface area contributed by atoms with Gasteiger partial charge in [-0.15, -0.1) is 11.8 Å². The molecule has 0 aliphatic carbocycles. The number of hydrogen-bond acceptors (Lipinski definition) is 4. The summed E-state index contributed by atoms with van der Waals surface area (Å²) in [7, 11) is 1.34. The number of ether oxygens (including phenoxy) is 1. The Morgan fingerprint density at radius 3 is 2.76 bits per heavy atom. The Labute approximate surface area is 133 Å². The number of carbonyl (C=O) groups excluding carboxylic acids is 1. The van der Waals surface area contributed by atoms with Crippen molar-refractivity contribution < 1.29 is 9.53 Å². The maximum Gasteiger partial charge on any atom is 0.339 e. The van der Waals surface area contributed by atoms with E-state index in [1.54, 1.807) is 12.1 Å². The molecule has 0 atom stereocenters. The number of methoxy groups -OCH3 is 1. The fourth-order valence-electron chi connectivity index (χ4n) is 1.98. The largest absolute Gasteiger partial charge is 0.465 e. The topological polar surface area (TPSA) is 52.3 Å². The molecule has 0 aliphatic heterocycles. The van der Waals surface area contributed by atoms with E-state index in [9.17, 15) is 4.79 Å². The first-order valence-electron chi connectivity index (χ1n) is 6.37. The van der Waals surface area contributed by atoms with E-state index < -0.39 is 5.97 Å². The van der Waals surface area contributed by atoms with Gasteiger partial charge in [-0.25, -0.2) is 4.79 Å². The number of aryl methyl sites for hydroxylation is 1. The van der Waals surface area contributed by atoms with Crippen LogP contribution in [0.5, 0.6) is 0 Å². The molecule has 3 nitrogen and oxygen atoms in total. The summed E-state index contributed by atoms with van der Waals surface area (Å²) in [6.07, 6.45) is 0. The van der Waals surface area contributed by atoms with Gasteiger partial charge in [-0.05, 0) is 24.6 Å². The number of carbonyl (C=O) groups is 1. The predicted molar refractivity (Wildman–Crippen MR) is 87.9 cm³/mol. The number of halogens is 1. The summed E-state index contributed by atoms with van der Waals surface area (Å²) in [5, 5.41) is 0.466. The highest BCUT2D eigenvalue weighted by Gasteiger charge is 2.16. The van der Waals surface area contributed by atoms with Crippen molar-refractivity contribution >= 4 is 35.0 Å². The van der Waals surface area contributed by atoms with Crippen LogP contribution in [0.3, 0.4) is 0 Å². The van der Waals surface area contributed by atoms with Gasteiger partial charge in [-0.1, -0.05) is 41.4 Å². The van der Waals surface area contributed by atoms with Gasteiger partial charge in [0.25, 0.3) is 0 Å². The molecule has 0 aromatic heterocycles. The highest BCUT2D eigenvalue weighted by atomic mass is 35.5. The molecule has 0 heterocycles. The van der Waals surface area contributed by atoms with Crippen LogP contribution < -0.4 is 5.73 Å². The average Bonchev–Trinajstić information content (AvgIpc) is 2.45. The fraction of sp³-hybridized carbons (Fsp3) is 0.188. The first-order valence-corrected chi connectivity index (χ1v) is 7.73. The summed E-state index contributed by atoms with van der Waals surface area (Å²) in [5.74, 6) is 0.283. The van der Waals surface area contributed by atoms with E-state index in [0.29, 0.717) is 21.2 Å². The van der Waals surface area contributed by atoms with E-state index in [0.717, 1.165) is 5.75 Å². The van der Waals surface area contributed by atoms with Crippen LogP contribution in [0.1, 0.15) is 21.5 Å². The van der Waals surface area contributed by atoms with Gasteiger partial charge in [-0.2, -0.15) is 0 Å². The second kappa shape index (κ2) is 6.87. The van der Waals surface area contributed by atoms with Gasteiger partial charge in [-0.3, -0.25) is 0 Å². The second-order valence-electron chi connectivity index (χ2n) is 4.65. The van der Waals surface area contributed by atoms with Crippen molar-refractivity contribution in [3.05, 3.63) is 58.1 Å². The molecule has 2 rings (SSSR count). The molecule has 0 saturated heterocycles. The van der Waals surface area contributed by atoms with E-state index in [2.05, 4.69) is 6.07 Å². The Balaban J connectivity index is 2.28. The Morgan fingerprint density at radius 2 is 2.10 bits per heavy atom. The van der Waals surface area contributed by atoms with Gasteiger partial charge in [0.2, 0.25) is 0 Å². The van der Waals surface area contributed by atoms with Crippen LogP contribution in [0.4, 0.5) is 5.69 Å². The lowest BCUT2D eigenvalue weighted by Gasteiger charge is -2.11. The lowest BCUT2D eigenvalue weighted by Crippen LogP contribution is -2.05. The number of nitrogens with two attached hydrogens (primary N) is 1. The summed E-state index contributed by atoms with van der Waals surface area (Å²) < 4.78 is 4.79. The normalized spacial score (nSPS) is 10.4. The molecule has 0 unspecified atom stereocenters. The van der Waals surface area contributed by atoms with Gasteiger partial charge in [0.1, 0.15) is 0 Å². The number of hydrogen-bond donors (Lipinski definition) is 1. The van der Waals surface area contributed by atoms with Crippen molar-refractivity contribution in [1.29, 1.82) is 0 Å². The average molecular weight is 322 g/mol. The first-order chi connectivity index (χ1) is 10.0. The van der Waals surface area contributed by atoms with Crippen LogP contribution in [0.15, 0.2) is 41.3 Å².